The first-order chi connectivity index (χ1) is 12.0. The van der Waals surface area contributed by atoms with Crippen LogP contribution in [-0.2, 0) is 9.53 Å². The monoisotopic (exact) mass is 348 g/mol. The lowest BCUT2D eigenvalue weighted by atomic mass is 9.95. The van der Waals surface area contributed by atoms with Crippen LogP contribution < -0.4 is 20.1 Å². The Kier molecular flexibility index (Phi) is 6.27. The van der Waals surface area contributed by atoms with Gasteiger partial charge in [0.1, 0.15) is 0 Å². The number of esters is 1. The van der Waals surface area contributed by atoms with Gasteiger partial charge in [0.2, 0.25) is 0 Å². The van der Waals surface area contributed by atoms with Gasteiger partial charge in [-0.25, -0.2) is 9.59 Å². The fraction of sp³-hybridized carbons (Fsp3) is 0.444. The highest BCUT2D eigenvalue weighted by Crippen LogP contribution is 2.34. The normalized spacial score (nSPS) is 16.8. The highest BCUT2D eigenvalue weighted by atomic mass is 16.5. The summed E-state index contributed by atoms with van der Waals surface area (Å²) in [5.74, 6) is 0.689. The maximum absolute atomic E-state index is 12.3. The molecule has 1 aliphatic rings. The van der Waals surface area contributed by atoms with E-state index < -0.39 is 12.0 Å². The lowest BCUT2D eigenvalue weighted by Crippen LogP contribution is -2.45. The highest BCUT2D eigenvalue weighted by Gasteiger charge is 2.32. The van der Waals surface area contributed by atoms with Crippen molar-refractivity contribution in [2.45, 2.75) is 33.2 Å². The van der Waals surface area contributed by atoms with Gasteiger partial charge in [0, 0.05) is 5.70 Å². The fourth-order valence-corrected chi connectivity index (χ4v) is 2.62. The number of carbonyl (C=O) groups is 2. The van der Waals surface area contributed by atoms with Crippen LogP contribution in [0.1, 0.15) is 38.8 Å². The van der Waals surface area contributed by atoms with Crippen LogP contribution in [0.4, 0.5) is 4.79 Å². The van der Waals surface area contributed by atoms with E-state index in [-0.39, 0.29) is 12.6 Å². The highest BCUT2D eigenvalue weighted by molar-refractivity contribution is 5.95. The van der Waals surface area contributed by atoms with Gasteiger partial charge in [-0.2, -0.15) is 0 Å². The summed E-state index contributed by atoms with van der Waals surface area (Å²) in [7, 11) is 1.55. The second-order valence-electron chi connectivity index (χ2n) is 5.55. The molecule has 0 radical (unpaired) electrons. The van der Waals surface area contributed by atoms with Gasteiger partial charge in [0.15, 0.2) is 11.5 Å². The van der Waals surface area contributed by atoms with Crippen LogP contribution in [0.25, 0.3) is 0 Å². The maximum Gasteiger partial charge on any atom is 0.338 e. The first-order valence-electron chi connectivity index (χ1n) is 8.27. The molecule has 1 atom stereocenters. The Morgan fingerprint density at radius 1 is 1.24 bits per heavy atom. The van der Waals surface area contributed by atoms with E-state index >= 15 is 0 Å². The van der Waals surface area contributed by atoms with E-state index in [9.17, 15) is 9.59 Å². The molecule has 25 heavy (non-hydrogen) atoms. The number of urea groups is 1. The minimum absolute atomic E-state index is 0.253. The number of amides is 2. The van der Waals surface area contributed by atoms with E-state index in [0.29, 0.717) is 34.9 Å². The van der Waals surface area contributed by atoms with Gasteiger partial charge in [-0.15, -0.1) is 0 Å². The predicted octanol–water partition coefficient (Wildman–Crippen LogP) is 2.68. The number of ether oxygens (including phenoxy) is 3. The van der Waals surface area contributed by atoms with Crippen molar-refractivity contribution in [2.75, 3.05) is 20.3 Å². The minimum Gasteiger partial charge on any atom is -0.493 e. The van der Waals surface area contributed by atoms with Crippen LogP contribution in [0, 0.1) is 0 Å². The van der Waals surface area contributed by atoms with Crippen LogP contribution >= 0.6 is 0 Å². The van der Waals surface area contributed by atoms with Crippen LogP contribution in [0.5, 0.6) is 11.5 Å². The molecule has 0 saturated carbocycles. The van der Waals surface area contributed by atoms with Gasteiger partial charge in [-0.3, -0.25) is 0 Å². The van der Waals surface area contributed by atoms with Crippen molar-refractivity contribution in [1.82, 2.24) is 10.6 Å². The Labute approximate surface area is 147 Å². The standard InChI is InChI=1S/C18H24N2O5/c1-5-9-25-13-8-7-12(10-14(13)23-4)16-15(17(21)24-6-2)11(3)19-18(22)20-16/h7-8,10,16H,5-6,9H2,1-4H3,(H2,19,20,22)/t16-/m1/s1. The van der Waals surface area contributed by atoms with Gasteiger partial charge in [-0.05, 0) is 38.0 Å². The smallest absolute Gasteiger partial charge is 0.338 e. The molecule has 0 bridgehead atoms. The predicted molar refractivity (Wildman–Crippen MR) is 92.5 cm³/mol. The summed E-state index contributed by atoms with van der Waals surface area (Å²) in [6, 6.07) is 4.34. The molecule has 0 unspecified atom stereocenters. The van der Waals surface area contributed by atoms with Crippen molar-refractivity contribution in [3.63, 3.8) is 0 Å². The van der Waals surface area contributed by atoms with Crippen molar-refractivity contribution < 1.29 is 23.8 Å². The summed E-state index contributed by atoms with van der Waals surface area (Å²) in [6.07, 6.45) is 0.879. The number of rotatable bonds is 7. The molecule has 0 saturated heterocycles. The molecule has 2 rings (SSSR count). The zero-order chi connectivity index (χ0) is 18.4. The van der Waals surface area contributed by atoms with E-state index in [1.165, 1.54) is 0 Å². The molecule has 7 heteroatoms. The molecule has 1 heterocycles. The lowest BCUT2D eigenvalue weighted by Gasteiger charge is -2.28. The zero-order valence-corrected chi connectivity index (χ0v) is 15.0. The molecule has 1 aromatic carbocycles. The Hall–Kier alpha value is -2.70. The van der Waals surface area contributed by atoms with Crippen LogP contribution in [0.15, 0.2) is 29.5 Å². The fourth-order valence-electron chi connectivity index (χ4n) is 2.62. The first kappa shape index (κ1) is 18.6. The molecule has 1 aromatic rings. The van der Waals surface area contributed by atoms with Gasteiger partial charge in [0.05, 0.1) is 31.9 Å². The molecule has 0 aliphatic carbocycles. The van der Waals surface area contributed by atoms with Crippen LogP contribution in [0.2, 0.25) is 0 Å². The first-order valence-corrected chi connectivity index (χ1v) is 8.27. The Morgan fingerprint density at radius 2 is 2.00 bits per heavy atom. The van der Waals surface area contributed by atoms with Crippen molar-refractivity contribution in [2.24, 2.45) is 0 Å². The number of hydrogen-bond donors (Lipinski definition) is 2. The average Bonchev–Trinajstić information content (AvgIpc) is 2.59. The second kappa shape index (κ2) is 8.41. The number of methoxy groups -OCH3 is 1. The number of carbonyl (C=O) groups excluding carboxylic acids is 2. The summed E-state index contributed by atoms with van der Waals surface area (Å²) >= 11 is 0. The van der Waals surface area contributed by atoms with Crippen molar-refractivity contribution in [1.29, 1.82) is 0 Å². The third-order valence-electron chi connectivity index (χ3n) is 3.75. The quantitative estimate of drug-likeness (QED) is 0.740. The molecule has 2 amide bonds. The van der Waals surface area contributed by atoms with E-state index in [1.54, 1.807) is 39.2 Å². The molecule has 0 spiro atoms. The molecule has 136 valence electrons. The third-order valence-corrected chi connectivity index (χ3v) is 3.75. The van der Waals surface area contributed by atoms with Gasteiger partial charge < -0.3 is 24.8 Å². The van der Waals surface area contributed by atoms with Gasteiger partial charge in [-0.1, -0.05) is 13.0 Å². The largest absolute Gasteiger partial charge is 0.493 e. The number of allylic oxidation sites excluding steroid dienone is 1. The number of hydrogen-bond acceptors (Lipinski definition) is 5. The molecule has 0 fully saturated rings. The summed E-state index contributed by atoms with van der Waals surface area (Å²) in [4.78, 5) is 24.2. The van der Waals surface area contributed by atoms with E-state index in [4.69, 9.17) is 14.2 Å². The zero-order valence-electron chi connectivity index (χ0n) is 15.0. The summed E-state index contributed by atoms with van der Waals surface area (Å²) in [5.41, 5.74) is 1.54. The number of benzene rings is 1. The number of nitrogens with one attached hydrogen (secondary N) is 2. The maximum atomic E-state index is 12.3. The average molecular weight is 348 g/mol. The second-order valence-corrected chi connectivity index (χ2v) is 5.55. The van der Waals surface area contributed by atoms with E-state index in [1.807, 2.05) is 6.92 Å². The van der Waals surface area contributed by atoms with Crippen LogP contribution in [-0.4, -0.2) is 32.3 Å². The van der Waals surface area contributed by atoms with E-state index in [0.717, 1.165) is 6.42 Å². The summed E-state index contributed by atoms with van der Waals surface area (Å²) in [5, 5.41) is 5.37. The Balaban J connectivity index is 2.41. The van der Waals surface area contributed by atoms with Gasteiger partial charge in [0.25, 0.3) is 0 Å². The Morgan fingerprint density at radius 3 is 2.64 bits per heavy atom. The molecule has 1 aliphatic heterocycles. The lowest BCUT2D eigenvalue weighted by molar-refractivity contribution is -0.139. The van der Waals surface area contributed by atoms with Crippen molar-refractivity contribution >= 4 is 12.0 Å². The summed E-state index contributed by atoms with van der Waals surface area (Å²) < 4.78 is 16.2. The topological polar surface area (TPSA) is 85.9 Å². The molecular formula is C18H24N2O5. The third kappa shape index (κ3) is 4.23. The van der Waals surface area contributed by atoms with E-state index in [2.05, 4.69) is 10.6 Å². The molecule has 2 N–H and O–H groups in total. The van der Waals surface area contributed by atoms with Crippen LogP contribution in [0.3, 0.4) is 0 Å². The Bertz CT molecular complexity index is 684. The van der Waals surface area contributed by atoms with Crippen molar-refractivity contribution in [3.8, 4) is 11.5 Å². The summed E-state index contributed by atoms with van der Waals surface area (Å²) in [6.45, 7) is 6.26. The minimum atomic E-state index is -0.623. The van der Waals surface area contributed by atoms with Crippen molar-refractivity contribution in [3.05, 3.63) is 35.0 Å². The SMILES string of the molecule is CCCOc1ccc([C@H]2NC(=O)NC(C)=C2C(=O)OCC)cc1OC. The molecular weight excluding hydrogens is 324 g/mol. The molecule has 7 nitrogen and oxygen atoms in total. The molecule has 0 aromatic heterocycles. The van der Waals surface area contributed by atoms with Gasteiger partial charge >= 0.3 is 12.0 Å².